The molecule has 0 radical (unpaired) electrons. The number of hydrogen-bond donors (Lipinski definition) is 1. The Morgan fingerprint density at radius 1 is 1.41 bits per heavy atom. The molecular weight excluding hydrogens is 284 g/mol. The van der Waals surface area contributed by atoms with Crippen molar-refractivity contribution in [2.45, 2.75) is 38.5 Å². The van der Waals surface area contributed by atoms with E-state index in [9.17, 15) is 14.9 Å². The number of carbonyl (C=O) groups is 1. The number of hydrogen-bond acceptors (Lipinski definition) is 4. The van der Waals surface area contributed by atoms with E-state index in [0.717, 1.165) is 18.8 Å². The molecule has 1 fully saturated rings. The van der Waals surface area contributed by atoms with Crippen LogP contribution in [0.1, 0.15) is 48.9 Å². The SMILES string of the molecule is COc1ccc(C(=O)NCCCC2CCCC2)cc1[N+](=O)[O-]. The highest BCUT2D eigenvalue weighted by molar-refractivity contribution is 5.95. The van der Waals surface area contributed by atoms with Crippen LogP contribution >= 0.6 is 0 Å². The molecule has 1 amide bonds. The fraction of sp³-hybridized carbons (Fsp3) is 0.562. The summed E-state index contributed by atoms with van der Waals surface area (Å²) in [4.78, 5) is 22.5. The Hall–Kier alpha value is -2.11. The minimum absolute atomic E-state index is 0.155. The molecule has 22 heavy (non-hydrogen) atoms. The number of amides is 1. The highest BCUT2D eigenvalue weighted by Gasteiger charge is 2.18. The zero-order valence-electron chi connectivity index (χ0n) is 12.8. The van der Waals surface area contributed by atoms with Crippen LogP contribution in [0.15, 0.2) is 18.2 Å². The Labute approximate surface area is 130 Å². The number of methoxy groups -OCH3 is 1. The topological polar surface area (TPSA) is 81.5 Å². The molecule has 1 aliphatic rings. The quantitative estimate of drug-likeness (QED) is 0.476. The van der Waals surface area contributed by atoms with E-state index in [-0.39, 0.29) is 22.9 Å². The second-order valence-corrected chi connectivity index (χ2v) is 5.69. The number of ether oxygens (including phenoxy) is 1. The van der Waals surface area contributed by atoms with Crippen molar-refractivity contribution in [2.24, 2.45) is 5.92 Å². The normalized spacial score (nSPS) is 14.8. The van der Waals surface area contributed by atoms with Gasteiger partial charge in [-0.15, -0.1) is 0 Å². The summed E-state index contributed by atoms with van der Waals surface area (Å²) in [6.07, 6.45) is 7.36. The zero-order chi connectivity index (χ0) is 15.9. The van der Waals surface area contributed by atoms with Crippen molar-refractivity contribution >= 4 is 11.6 Å². The third-order valence-electron chi connectivity index (χ3n) is 4.19. The van der Waals surface area contributed by atoms with E-state index in [1.165, 1.54) is 51.0 Å². The lowest BCUT2D eigenvalue weighted by molar-refractivity contribution is -0.385. The predicted molar refractivity (Wildman–Crippen MR) is 83.2 cm³/mol. The van der Waals surface area contributed by atoms with Gasteiger partial charge in [0.2, 0.25) is 0 Å². The van der Waals surface area contributed by atoms with Crippen LogP contribution in [-0.4, -0.2) is 24.5 Å². The maximum Gasteiger partial charge on any atom is 0.311 e. The van der Waals surface area contributed by atoms with Crippen molar-refractivity contribution in [3.8, 4) is 5.75 Å². The number of rotatable bonds is 7. The largest absolute Gasteiger partial charge is 0.490 e. The van der Waals surface area contributed by atoms with Crippen LogP contribution in [0.4, 0.5) is 5.69 Å². The lowest BCUT2D eigenvalue weighted by Crippen LogP contribution is -2.24. The fourth-order valence-electron chi connectivity index (χ4n) is 2.97. The minimum Gasteiger partial charge on any atom is -0.490 e. The molecule has 0 aromatic heterocycles. The van der Waals surface area contributed by atoms with Crippen molar-refractivity contribution in [1.29, 1.82) is 0 Å². The van der Waals surface area contributed by atoms with E-state index < -0.39 is 4.92 Å². The molecule has 1 N–H and O–H groups in total. The van der Waals surface area contributed by atoms with Gasteiger partial charge in [0, 0.05) is 18.2 Å². The monoisotopic (exact) mass is 306 g/mol. The maximum atomic E-state index is 12.0. The van der Waals surface area contributed by atoms with Gasteiger partial charge in [-0.1, -0.05) is 25.7 Å². The Balaban J connectivity index is 1.86. The highest BCUT2D eigenvalue weighted by Crippen LogP contribution is 2.29. The van der Waals surface area contributed by atoms with E-state index in [4.69, 9.17) is 4.74 Å². The molecule has 1 aromatic rings. The van der Waals surface area contributed by atoms with Crippen molar-refractivity contribution in [3.05, 3.63) is 33.9 Å². The maximum absolute atomic E-state index is 12.0. The number of nitrogens with zero attached hydrogens (tertiary/aromatic N) is 1. The van der Waals surface area contributed by atoms with Gasteiger partial charge in [0.25, 0.3) is 5.91 Å². The van der Waals surface area contributed by atoms with Gasteiger partial charge in [-0.2, -0.15) is 0 Å². The first-order valence-electron chi connectivity index (χ1n) is 7.72. The third kappa shape index (κ3) is 4.19. The second-order valence-electron chi connectivity index (χ2n) is 5.69. The Kier molecular flexibility index (Phi) is 5.75. The van der Waals surface area contributed by atoms with E-state index in [2.05, 4.69) is 5.32 Å². The Morgan fingerprint density at radius 3 is 2.77 bits per heavy atom. The number of nitrogens with one attached hydrogen (secondary N) is 1. The van der Waals surface area contributed by atoms with E-state index in [1.54, 1.807) is 0 Å². The number of nitro groups is 1. The average molecular weight is 306 g/mol. The summed E-state index contributed by atoms with van der Waals surface area (Å²) in [7, 11) is 1.37. The average Bonchev–Trinajstić information content (AvgIpc) is 3.04. The van der Waals surface area contributed by atoms with E-state index in [1.807, 2.05) is 0 Å². The van der Waals surface area contributed by atoms with Crippen molar-refractivity contribution < 1.29 is 14.5 Å². The van der Waals surface area contributed by atoms with Crippen LogP contribution in [0.3, 0.4) is 0 Å². The van der Waals surface area contributed by atoms with Crippen molar-refractivity contribution in [2.75, 3.05) is 13.7 Å². The minimum atomic E-state index is -0.546. The molecule has 6 nitrogen and oxygen atoms in total. The summed E-state index contributed by atoms with van der Waals surface area (Å²) in [5.41, 5.74) is 0.0921. The molecule has 0 spiro atoms. The van der Waals surface area contributed by atoms with Gasteiger partial charge in [-0.25, -0.2) is 0 Å². The number of benzene rings is 1. The highest BCUT2D eigenvalue weighted by atomic mass is 16.6. The molecule has 1 aromatic carbocycles. The number of carbonyl (C=O) groups excluding carboxylic acids is 1. The van der Waals surface area contributed by atoms with Crippen LogP contribution in [0.5, 0.6) is 5.75 Å². The first-order valence-corrected chi connectivity index (χ1v) is 7.72. The zero-order valence-corrected chi connectivity index (χ0v) is 12.8. The fourth-order valence-corrected chi connectivity index (χ4v) is 2.97. The summed E-state index contributed by atoms with van der Waals surface area (Å²) >= 11 is 0. The van der Waals surface area contributed by atoms with Gasteiger partial charge in [0.05, 0.1) is 12.0 Å². The first kappa shape index (κ1) is 16.3. The molecular formula is C16H22N2O4. The van der Waals surface area contributed by atoms with Gasteiger partial charge in [-0.3, -0.25) is 14.9 Å². The van der Waals surface area contributed by atoms with E-state index in [0.29, 0.717) is 6.54 Å². The molecule has 0 heterocycles. The lowest BCUT2D eigenvalue weighted by atomic mass is 10.0. The van der Waals surface area contributed by atoms with Crippen LogP contribution in [0.2, 0.25) is 0 Å². The van der Waals surface area contributed by atoms with Gasteiger partial charge >= 0.3 is 5.69 Å². The summed E-state index contributed by atoms with van der Waals surface area (Å²) in [6, 6.07) is 4.24. The van der Waals surface area contributed by atoms with Crippen LogP contribution in [0, 0.1) is 16.0 Å². The molecule has 0 unspecified atom stereocenters. The summed E-state index contributed by atoms with van der Waals surface area (Å²) in [5.74, 6) is 0.680. The summed E-state index contributed by atoms with van der Waals surface area (Å²) in [5, 5.41) is 13.8. The van der Waals surface area contributed by atoms with Gasteiger partial charge in [0.15, 0.2) is 5.75 Å². The smallest absolute Gasteiger partial charge is 0.311 e. The van der Waals surface area contributed by atoms with Gasteiger partial charge in [0.1, 0.15) is 0 Å². The summed E-state index contributed by atoms with van der Waals surface area (Å²) in [6.45, 7) is 0.606. The molecule has 0 atom stereocenters. The standard InChI is InChI=1S/C16H22N2O4/c1-22-15-9-8-13(11-14(15)18(20)21)16(19)17-10-4-7-12-5-2-3-6-12/h8-9,11-12H,2-7,10H2,1H3,(H,17,19). The molecule has 0 bridgehead atoms. The van der Waals surface area contributed by atoms with E-state index >= 15 is 0 Å². The van der Waals surface area contributed by atoms with Crippen molar-refractivity contribution in [1.82, 2.24) is 5.32 Å². The predicted octanol–water partition coefficient (Wildman–Crippen LogP) is 3.30. The van der Waals surface area contributed by atoms with Crippen LogP contribution in [0.25, 0.3) is 0 Å². The molecule has 120 valence electrons. The lowest BCUT2D eigenvalue weighted by Gasteiger charge is -2.09. The Bertz CT molecular complexity index is 539. The first-order chi connectivity index (χ1) is 10.6. The van der Waals surface area contributed by atoms with Crippen molar-refractivity contribution in [3.63, 3.8) is 0 Å². The Morgan fingerprint density at radius 2 is 2.14 bits per heavy atom. The molecule has 1 saturated carbocycles. The molecule has 0 saturated heterocycles. The van der Waals surface area contributed by atoms with Gasteiger partial charge in [-0.05, 0) is 30.9 Å². The molecule has 0 aliphatic heterocycles. The van der Waals surface area contributed by atoms with Crippen LogP contribution < -0.4 is 10.1 Å². The van der Waals surface area contributed by atoms with Crippen LogP contribution in [-0.2, 0) is 0 Å². The van der Waals surface area contributed by atoms with Gasteiger partial charge < -0.3 is 10.1 Å². The number of nitro benzene ring substituents is 1. The molecule has 6 heteroatoms. The molecule has 2 rings (SSSR count). The summed E-state index contributed by atoms with van der Waals surface area (Å²) < 4.78 is 4.92. The molecule has 1 aliphatic carbocycles. The second kappa shape index (κ2) is 7.77. The third-order valence-corrected chi connectivity index (χ3v) is 4.19.